The summed E-state index contributed by atoms with van der Waals surface area (Å²) in [5, 5.41) is 20.7. The molecule has 3 unspecified atom stereocenters. The summed E-state index contributed by atoms with van der Waals surface area (Å²) in [7, 11) is -1.38. The van der Waals surface area contributed by atoms with Crippen molar-refractivity contribution in [1.82, 2.24) is 10.2 Å². The number of amides is 1. The molecule has 2 fully saturated rings. The molecule has 1 amide bonds. The molecule has 2 aliphatic heterocycles. The zero-order valence-electron chi connectivity index (χ0n) is 10.2. The molecule has 0 bridgehead atoms. The molecule has 5 N–H and O–H groups in total. The molecule has 0 aromatic carbocycles. The van der Waals surface area contributed by atoms with E-state index in [0.717, 1.165) is 19.4 Å². The predicted octanol–water partition coefficient (Wildman–Crippen LogP) is -1.69. The molecule has 17 heavy (non-hydrogen) atoms. The maximum atomic E-state index is 10.2. The summed E-state index contributed by atoms with van der Waals surface area (Å²) in [6.45, 7) is 3.81. The fourth-order valence-electron chi connectivity index (χ4n) is 2.24. The molecule has 0 saturated carbocycles. The lowest BCUT2D eigenvalue weighted by molar-refractivity contribution is -0.118. The van der Waals surface area contributed by atoms with Gasteiger partial charge in [-0.25, -0.2) is 0 Å². The number of nitrogens with zero attached hydrogens (tertiary/aromatic N) is 1. The fraction of sp³-hybridized carbons (Fsp3) is 0.900. The van der Waals surface area contributed by atoms with Crippen molar-refractivity contribution >= 4 is 13.5 Å². The van der Waals surface area contributed by atoms with Crippen LogP contribution in [0.2, 0.25) is 0 Å². The van der Waals surface area contributed by atoms with Gasteiger partial charge in [-0.3, -0.25) is 4.79 Å². The van der Waals surface area contributed by atoms with E-state index in [1.165, 1.54) is 4.90 Å². The average Bonchev–Trinajstić information content (AvgIpc) is 2.87. The standard InChI is InChI=1S/C5H10BNO3.C5H12N2/c8-4-7-3-1-2-5(7)6(9)10;1-4-2-5(6)3-7-4/h4-5,9-10H,1-3H2;4-5,7H,2-3,6H2,1H3. The Kier molecular flexibility index (Phi) is 5.90. The lowest BCUT2D eigenvalue weighted by Gasteiger charge is -2.17. The first-order valence-electron chi connectivity index (χ1n) is 6.10. The third kappa shape index (κ3) is 4.63. The first-order valence-corrected chi connectivity index (χ1v) is 6.10. The van der Waals surface area contributed by atoms with E-state index in [1.54, 1.807) is 0 Å². The van der Waals surface area contributed by atoms with E-state index in [2.05, 4.69) is 12.2 Å². The van der Waals surface area contributed by atoms with Crippen LogP contribution in [0, 0.1) is 0 Å². The highest BCUT2D eigenvalue weighted by molar-refractivity contribution is 6.43. The monoisotopic (exact) mass is 243 g/mol. The molecule has 0 aromatic rings. The van der Waals surface area contributed by atoms with Crippen LogP contribution in [0.15, 0.2) is 0 Å². The lowest BCUT2D eigenvalue weighted by atomic mass is 9.78. The largest absolute Gasteiger partial charge is 0.475 e. The van der Waals surface area contributed by atoms with E-state index in [4.69, 9.17) is 15.8 Å². The molecule has 6 nitrogen and oxygen atoms in total. The SMILES string of the molecule is CC1CC(N)CN1.O=CN1CCCC1B(O)O. The van der Waals surface area contributed by atoms with Crippen LogP contribution in [0.25, 0.3) is 0 Å². The van der Waals surface area contributed by atoms with Gasteiger partial charge in [0.15, 0.2) is 0 Å². The number of likely N-dealkylation sites (tertiary alicyclic amines) is 1. The molecular formula is C10H22BN3O3. The van der Waals surface area contributed by atoms with Gasteiger partial charge >= 0.3 is 7.12 Å². The Morgan fingerprint density at radius 2 is 2.24 bits per heavy atom. The molecule has 2 rings (SSSR count). The van der Waals surface area contributed by atoms with E-state index < -0.39 is 7.12 Å². The Morgan fingerprint density at radius 3 is 2.53 bits per heavy atom. The van der Waals surface area contributed by atoms with Gasteiger partial charge in [0, 0.05) is 25.2 Å². The van der Waals surface area contributed by atoms with Crippen LogP contribution in [0.1, 0.15) is 26.2 Å². The highest BCUT2D eigenvalue weighted by Gasteiger charge is 2.32. The molecule has 7 heteroatoms. The van der Waals surface area contributed by atoms with Gasteiger partial charge in [0.25, 0.3) is 0 Å². The highest BCUT2D eigenvalue weighted by atomic mass is 16.4. The van der Waals surface area contributed by atoms with E-state index in [0.29, 0.717) is 31.5 Å². The first kappa shape index (κ1) is 14.4. The van der Waals surface area contributed by atoms with Crippen LogP contribution in [0.3, 0.4) is 0 Å². The van der Waals surface area contributed by atoms with E-state index in [-0.39, 0.29) is 5.94 Å². The van der Waals surface area contributed by atoms with Gasteiger partial charge in [0.05, 0.1) is 5.94 Å². The summed E-state index contributed by atoms with van der Waals surface area (Å²) in [6, 6.07) is 1.06. The number of nitrogens with one attached hydrogen (secondary N) is 1. The number of hydrogen-bond acceptors (Lipinski definition) is 5. The Labute approximate surface area is 102 Å². The van der Waals surface area contributed by atoms with Crippen molar-refractivity contribution in [2.45, 2.75) is 44.2 Å². The van der Waals surface area contributed by atoms with Crippen LogP contribution in [-0.4, -0.2) is 59.6 Å². The minimum absolute atomic E-state index is 0.377. The number of nitrogens with two attached hydrogens (primary N) is 1. The van der Waals surface area contributed by atoms with Crippen molar-refractivity contribution < 1.29 is 14.8 Å². The number of rotatable bonds is 2. The quantitative estimate of drug-likeness (QED) is 0.343. The molecule has 2 aliphatic rings. The second kappa shape index (κ2) is 6.95. The van der Waals surface area contributed by atoms with Crippen LogP contribution < -0.4 is 11.1 Å². The average molecular weight is 243 g/mol. The molecule has 2 heterocycles. The second-order valence-corrected chi connectivity index (χ2v) is 4.77. The number of carbonyl (C=O) groups is 1. The molecule has 98 valence electrons. The molecule has 0 radical (unpaired) electrons. The zero-order chi connectivity index (χ0) is 12.8. The molecular weight excluding hydrogens is 221 g/mol. The third-order valence-electron chi connectivity index (χ3n) is 3.21. The fourth-order valence-corrected chi connectivity index (χ4v) is 2.24. The van der Waals surface area contributed by atoms with Crippen molar-refractivity contribution in [2.75, 3.05) is 13.1 Å². The normalized spacial score (nSPS) is 32.0. The summed E-state index contributed by atoms with van der Waals surface area (Å²) in [5.74, 6) is -0.377. The zero-order valence-corrected chi connectivity index (χ0v) is 10.2. The van der Waals surface area contributed by atoms with Gasteiger partial charge in [-0.2, -0.15) is 0 Å². The molecule has 3 atom stereocenters. The minimum atomic E-state index is -1.38. The second-order valence-electron chi connectivity index (χ2n) is 4.77. The maximum absolute atomic E-state index is 10.2. The summed E-state index contributed by atoms with van der Waals surface area (Å²) in [4.78, 5) is 11.6. The summed E-state index contributed by atoms with van der Waals surface area (Å²) in [6.07, 6.45) is 3.36. The van der Waals surface area contributed by atoms with Crippen LogP contribution in [0.4, 0.5) is 0 Å². The van der Waals surface area contributed by atoms with Crippen molar-refractivity contribution in [3.8, 4) is 0 Å². The molecule has 0 aromatic heterocycles. The topological polar surface area (TPSA) is 98.8 Å². The first-order chi connectivity index (χ1) is 8.04. The minimum Gasteiger partial charge on any atom is -0.426 e. The molecule has 2 saturated heterocycles. The smallest absolute Gasteiger partial charge is 0.426 e. The van der Waals surface area contributed by atoms with E-state index >= 15 is 0 Å². The lowest BCUT2D eigenvalue weighted by Crippen LogP contribution is -2.41. The van der Waals surface area contributed by atoms with Gasteiger partial charge in [-0.15, -0.1) is 0 Å². The highest BCUT2D eigenvalue weighted by Crippen LogP contribution is 2.15. The maximum Gasteiger partial charge on any atom is 0.475 e. The van der Waals surface area contributed by atoms with Crippen LogP contribution >= 0.6 is 0 Å². The Bertz CT molecular complexity index is 235. The van der Waals surface area contributed by atoms with Crippen molar-refractivity contribution in [3.63, 3.8) is 0 Å². The van der Waals surface area contributed by atoms with Gasteiger partial charge in [0.2, 0.25) is 6.41 Å². The third-order valence-corrected chi connectivity index (χ3v) is 3.21. The number of carbonyl (C=O) groups excluding carboxylic acids is 1. The van der Waals surface area contributed by atoms with E-state index in [9.17, 15) is 4.79 Å². The van der Waals surface area contributed by atoms with Gasteiger partial charge in [-0.05, 0) is 26.2 Å². The van der Waals surface area contributed by atoms with E-state index in [1.807, 2.05) is 0 Å². The van der Waals surface area contributed by atoms with Crippen molar-refractivity contribution in [1.29, 1.82) is 0 Å². The van der Waals surface area contributed by atoms with Gasteiger partial charge in [-0.1, -0.05) is 0 Å². The van der Waals surface area contributed by atoms with Crippen LogP contribution in [0.5, 0.6) is 0 Å². The van der Waals surface area contributed by atoms with Crippen LogP contribution in [-0.2, 0) is 4.79 Å². The summed E-state index contributed by atoms with van der Waals surface area (Å²) in [5.41, 5.74) is 5.56. The predicted molar refractivity (Wildman–Crippen MR) is 66.0 cm³/mol. The Hall–Kier alpha value is -0.625. The Balaban J connectivity index is 0.000000181. The molecule has 0 spiro atoms. The van der Waals surface area contributed by atoms with Gasteiger partial charge < -0.3 is 26.0 Å². The van der Waals surface area contributed by atoms with Gasteiger partial charge in [0.1, 0.15) is 0 Å². The Morgan fingerprint density at radius 1 is 1.53 bits per heavy atom. The summed E-state index contributed by atoms with van der Waals surface area (Å²) < 4.78 is 0. The van der Waals surface area contributed by atoms with Crippen molar-refractivity contribution in [2.24, 2.45) is 5.73 Å². The molecule has 0 aliphatic carbocycles. The van der Waals surface area contributed by atoms with Crippen molar-refractivity contribution in [3.05, 3.63) is 0 Å². The number of hydrogen-bond donors (Lipinski definition) is 4. The summed E-state index contributed by atoms with van der Waals surface area (Å²) >= 11 is 0.